The fraction of sp³-hybridized carbons (Fsp3) is 0.433. The molecule has 2 saturated heterocycles. The Kier molecular flexibility index (Phi) is 6.34. The van der Waals surface area contributed by atoms with E-state index in [9.17, 15) is 10.1 Å². The number of piperidine rings is 1. The Morgan fingerprint density at radius 3 is 2.54 bits per heavy atom. The first kappa shape index (κ1) is 25.1. The van der Waals surface area contributed by atoms with Gasteiger partial charge in [0.15, 0.2) is 0 Å². The number of allylic oxidation sites excluding steroid dienone is 2. The van der Waals surface area contributed by atoms with Crippen LogP contribution in [0, 0.1) is 22.7 Å². The quantitative estimate of drug-likeness (QED) is 0.283. The number of nitrogens with zero attached hydrogens (tertiary/aromatic N) is 8. The molecule has 200 valence electrons. The van der Waals surface area contributed by atoms with Crippen LogP contribution in [0.2, 0.25) is 0 Å². The summed E-state index contributed by atoms with van der Waals surface area (Å²) in [5.74, 6) is 1.63. The topological polar surface area (TPSA) is 94.8 Å². The lowest BCUT2D eigenvalue weighted by atomic mass is 9.70. The van der Waals surface area contributed by atoms with Crippen molar-refractivity contribution in [3.8, 4) is 17.2 Å². The number of carbonyl (C=O) groups excluding carboxylic acids is 1. The molecule has 9 heteroatoms. The van der Waals surface area contributed by atoms with Crippen LogP contribution in [-0.2, 0) is 11.8 Å². The lowest BCUT2D eigenvalue weighted by Crippen LogP contribution is -2.63. The van der Waals surface area contributed by atoms with Crippen molar-refractivity contribution in [3.05, 3.63) is 60.8 Å². The predicted molar refractivity (Wildman–Crippen MR) is 151 cm³/mol. The average molecular weight is 523 g/mol. The van der Waals surface area contributed by atoms with E-state index in [-0.39, 0.29) is 5.41 Å². The largest absolute Gasteiger partial charge is 0.360 e. The molecule has 39 heavy (non-hydrogen) atoms. The minimum atomic E-state index is 0.284. The zero-order valence-corrected chi connectivity index (χ0v) is 22.7. The van der Waals surface area contributed by atoms with Gasteiger partial charge in [-0.2, -0.15) is 15.5 Å². The molecule has 1 aliphatic carbocycles. The third kappa shape index (κ3) is 4.54. The third-order valence-corrected chi connectivity index (χ3v) is 8.79. The van der Waals surface area contributed by atoms with Crippen molar-refractivity contribution in [3.63, 3.8) is 0 Å². The normalized spacial score (nSPS) is 19.6. The maximum atomic E-state index is 12.6. The molecule has 3 aliphatic rings. The number of nitriles is 1. The van der Waals surface area contributed by atoms with Gasteiger partial charge in [-0.05, 0) is 38.7 Å². The smallest absolute Gasteiger partial charge is 0.225 e. The van der Waals surface area contributed by atoms with Gasteiger partial charge in [0.05, 0.1) is 23.5 Å². The van der Waals surface area contributed by atoms with Crippen molar-refractivity contribution in [2.24, 2.45) is 23.4 Å². The molecule has 0 atom stereocenters. The van der Waals surface area contributed by atoms with Gasteiger partial charge in [0.1, 0.15) is 11.9 Å². The van der Waals surface area contributed by atoms with Gasteiger partial charge < -0.3 is 9.80 Å². The molecule has 3 aromatic rings. The first-order valence-electron chi connectivity index (χ1n) is 13.7. The molecule has 0 unspecified atom stereocenters. The Morgan fingerprint density at radius 2 is 1.92 bits per heavy atom. The van der Waals surface area contributed by atoms with Crippen LogP contribution in [0.25, 0.3) is 22.2 Å². The van der Waals surface area contributed by atoms with Crippen molar-refractivity contribution in [1.29, 1.82) is 5.26 Å². The van der Waals surface area contributed by atoms with E-state index >= 15 is 0 Å². The summed E-state index contributed by atoms with van der Waals surface area (Å²) in [6.45, 7) is 9.82. The van der Waals surface area contributed by atoms with E-state index < -0.39 is 0 Å². The fourth-order valence-electron chi connectivity index (χ4n) is 6.08. The minimum absolute atomic E-state index is 0.284. The number of pyridine rings is 1. The summed E-state index contributed by atoms with van der Waals surface area (Å²) in [4.78, 5) is 21.8. The Balaban J connectivity index is 1.20. The summed E-state index contributed by atoms with van der Waals surface area (Å²) in [6.07, 6.45) is 16.4. The van der Waals surface area contributed by atoms with Crippen LogP contribution in [0.1, 0.15) is 50.2 Å². The zero-order valence-electron chi connectivity index (χ0n) is 22.7. The fourth-order valence-corrected chi connectivity index (χ4v) is 6.08. The number of likely N-dealkylation sites (tertiary alicyclic amines) is 2. The van der Waals surface area contributed by atoms with Gasteiger partial charge in [-0.1, -0.05) is 19.1 Å². The third-order valence-electron chi connectivity index (χ3n) is 8.79. The van der Waals surface area contributed by atoms with Gasteiger partial charge >= 0.3 is 0 Å². The number of amides is 1. The van der Waals surface area contributed by atoms with Crippen molar-refractivity contribution in [1.82, 2.24) is 29.2 Å². The molecule has 3 aromatic heterocycles. The van der Waals surface area contributed by atoms with Gasteiger partial charge in [-0.25, -0.2) is 9.51 Å². The van der Waals surface area contributed by atoms with E-state index in [0.717, 1.165) is 85.5 Å². The molecule has 2 aliphatic heterocycles. The highest BCUT2D eigenvalue weighted by Crippen LogP contribution is 2.42. The van der Waals surface area contributed by atoms with Crippen molar-refractivity contribution in [2.75, 3.05) is 26.2 Å². The van der Waals surface area contributed by atoms with Crippen molar-refractivity contribution < 1.29 is 4.79 Å². The molecule has 9 nitrogen and oxygen atoms in total. The number of aliphatic imine (C=N–C) groups is 1. The molecule has 1 saturated carbocycles. The molecule has 0 aromatic carbocycles. The molecule has 0 N–H and O–H groups in total. The second-order valence-corrected chi connectivity index (χ2v) is 11.3. The van der Waals surface area contributed by atoms with Crippen LogP contribution < -0.4 is 0 Å². The number of amidine groups is 1. The molecule has 5 heterocycles. The molecule has 0 radical (unpaired) electrons. The Morgan fingerprint density at radius 1 is 1.15 bits per heavy atom. The van der Waals surface area contributed by atoms with E-state index in [2.05, 4.69) is 32.6 Å². The monoisotopic (exact) mass is 522 g/mol. The van der Waals surface area contributed by atoms with Crippen LogP contribution in [-0.4, -0.2) is 67.1 Å². The molecule has 6 rings (SSSR count). The van der Waals surface area contributed by atoms with E-state index in [1.54, 1.807) is 21.5 Å². The number of hydrogen-bond donors (Lipinski definition) is 0. The first-order chi connectivity index (χ1) is 18.9. The van der Waals surface area contributed by atoms with Gasteiger partial charge in [0, 0.05) is 85.4 Å². The van der Waals surface area contributed by atoms with Crippen LogP contribution in [0.15, 0.2) is 54.7 Å². The minimum Gasteiger partial charge on any atom is -0.360 e. The summed E-state index contributed by atoms with van der Waals surface area (Å²) < 4.78 is 3.50. The molecule has 1 amide bonds. The predicted octanol–water partition coefficient (Wildman–Crippen LogP) is 4.28. The number of rotatable bonds is 5. The summed E-state index contributed by atoms with van der Waals surface area (Å²) in [5.41, 5.74) is 5.09. The highest BCUT2D eigenvalue weighted by Gasteiger charge is 2.48. The SMILES string of the molecule is C=C/C(=C\N=C(C)N1CCC2(CC1)CN(C(=O)C1CCC1)C2)c1cc(-c2cnn(C)c2)cn2ncc(C#N)c12. The maximum absolute atomic E-state index is 12.6. The number of aryl methyl sites for hydroxylation is 1. The standard InChI is InChI=1S/C30H34N8O/c1-4-22(27-12-24(26-16-33-35(3)17-26)18-38-28(27)25(13-31)15-34-38)14-32-21(2)36-10-8-30(9-11-36)19-37(20-30)29(39)23-6-5-7-23/h4,12,14-18,23H,1,5-11,19-20H2,2-3H3/b22-14+,32-21?. The Labute approximate surface area is 228 Å². The van der Waals surface area contributed by atoms with E-state index in [1.165, 1.54) is 6.42 Å². The van der Waals surface area contributed by atoms with Gasteiger partial charge in [0.2, 0.25) is 5.91 Å². The number of carbonyl (C=O) groups is 1. The molecule has 1 spiro atoms. The van der Waals surface area contributed by atoms with Gasteiger partial charge in [0.25, 0.3) is 0 Å². The summed E-state index contributed by atoms with van der Waals surface area (Å²) in [5, 5.41) is 18.4. The van der Waals surface area contributed by atoms with E-state index in [0.29, 0.717) is 17.4 Å². The van der Waals surface area contributed by atoms with Crippen molar-refractivity contribution >= 4 is 22.8 Å². The summed E-state index contributed by atoms with van der Waals surface area (Å²) in [6, 6.07) is 4.31. The number of hydrogen-bond acceptors (Lipinski definition) is 5. The first-order valence-corrected chi connectivity index (χ1v) is 13.7. The van der Waals surface area contributed by atoms with Crippen molar-refractivity contribution in [2.45, 2.75) is 39.0 Å². The Bertz CT molecular complexity index is 1530. The van der Waals surface area contributed by atoms with Gasteiger partial charge in [-0.3, -0.25) is 9.48 Å². The molecular formula is C30H34N8O. The lowest BCUT2D eigenvalue weighted by Gasteiger charge is -2.55. The highest BCUT2D eigenvalue weighted by molar-refractivity contribution is 5.90. The summed E-state index contributed by atoms with van der Waals surface area (Å²) >= 11 is 0. The van der Waals surface area contributed by atoms with Crippen LogP contribution in [0.3, 0.4) is 0 Å². The van der Waals surface area contributed by atoms with Gasteiger partial charge in [-0.15, -0.1) is 0 Å². The highest BCUT2D eigenvalue weighted by atomic mass is 16.2. The molecule has 3 fully saturated rings. The maximum Gasteiger partial charge on any atom is 0.225 e. The van der Waals surface area contributed by atoms with Crippen LogP contribution in [0.4, 0.5) is 0 Å². The molecule has 0 bridgehead atoms. The van der Waals surface area contributed by atoms with Crippen LogP contribution in [0.5, 0.6) is 0 Å². The Hall–Kier alpha value is -4.19. The lowest BCUT2D eigenvalue weighted by molar-refractivity contribution is -0.153. The second kappa shape index (κ2) is 9.84. The van der Waals surface area contributed by atoms with Crippen LogP contribution >= 0.6 is 0 Å². The number of aromatic nitrogens is 4. The average Bonchev–Trinajstić information content (AvgIpc) is 3.52. The number of fused-ring (bicyclic) bond motifs is 1. The van der Waals surface area contributed by atoms with E-state index in [1.807, 2.05) is 44.8 Å². The van der Waals surface area contributed by atoms with E-state index in [4.69, 9.17) is 4.99 Å². The zero-order chi connectivity index (χ0) is 27.1. The summed E-state index contributed by atoms with van der Waals surface area (Å²) in [7, 11) is 1.88. The molecular weight excluding hydrogens is 488 g/mol. The second-order valence-electron chi connectivity index (χ2n) is 11.3.